The number of imidazole rings is 1. The molecule has 1 aliphatic heterocycles. The Hall–Kier alpha value is -2.02. The Morgan fingerprint density at radius 1 is 1.47 bits per heavy atom. The van der Waals surface area contributed by atoms with Gasteiger partial charge in [0, 0.05) is 6.04 Å². The van der Waals surface area contributed by atoms with Crippen LogP contribution >= 0.6 is 19.3 Å². The van der Waals surface area contributed by atoms with Crippen molar-refractivity contribution in [2.45, 2.75) is 71.2 Å². The molecule has 3 heterocycles. The van der Waals surface area contributed by atoms with E-state index in [1.54, 1.807) is 39.2 Å². The zero-order valence-electron chi connectivity index (χ0n) is 21.2. The topological polar surface area (TPSA) is 173 Å². The first-order valence-electron chi connectivity index (χ1n) is 11.5. The van der Waals surface area contributed by atoms with Crippen molar-refractivity contribution in [2.24, 2.45) is 5.41 Å². The molecule has 0 bridgehead atoms. The molecule has 1 unspecified atom stereocenters. The van der Waals surface area contributed by atoms with Crippen LogP contribution in [0.4, 0.5) is 5.95 Å². The van der Waals surface area contributed by atoms with Gasteiger partial charge in [-0.05, 0) is 48.0 Å². The first kappa shape index (κ1) is 28.5. The molecule has 0 spiro atoms. The predicted molar refractivity (Wildman–Crippen MR) is 132 cm³/mol. The Morgan fingerprint density at radius 3 is 2.81 bits per heavy atom. The van der Waals surface area contributed by atoms with Crippen molar-refractivity contribution in [3.63, 3.8) is 0 Å². The summed E-state index contributed by atoms with van der Waals surface area (Å²) in [6.45, 7) is 10.4. The molecule has 2 aromatic heterocycles. The monoisotopic (exact) mass is 548 g/mol. The first-order valence-corrected chi connectivity index (χ1v) is 13.5. The number of nitrogens with one attached hydrogen (secondary N) is 1. The third-order valence-electron chi connectivity index (χ3n) is 5.30. The number of aromatic nitrogens is 4. The maximum absolute atomic E-state index is 12.5. The maximum Gasteiger partial charge on any atom is 0.403 e. The van der Waals surface area contributed by atoms with E-state index in [-0.39, 0.29) is 25.0 Å². The zero-order valence-corrected chi connectivity index (χ0v) is 22.9. The van der Waals surface area contributed by atoms with Crippen LogP contribution in [-0.4, -0.2) is 67.2 Å². The van der Waals surface area contributed by atoms with Crippen LogP contribution in [0.15, 0.2) is 6.33 Å². The van der Waals surface area contributed by atoms with Crippen molar-refractivity contribution in [3.8, 4) is 5.88 Å². The molecule has 0 aromatic carbocycles. The molecular weight excluding hydrogens is 515 g/mol. The molecule has 202 valence electrons. The molecule has 13 nitrogen and oxygen atoms in total. The molecule has 1 saturated heterocycles. The number of carbonyl (C=O) groups is 1. The van der Waals surface area contributed by atoms with Gasteiger partial charge in [0.05, 0.1) is 35.9 Å². The van der Waals surface area contributed by atoms with E-state index in [1.807, 2.05) is 6.92 Å². The van der Waals surface area contributed by atoms with E-state index in [2.05, 4.69) is 20.0 Å². The van der Waals surface area contributed by atoms with Gasteiger partial charge in [0.1, 0.15) is 6.61 Å². The lowest BCUT2D eigenvalue weighted by Gasteiger charge is -2.24. The highest BCUT2D eigenvalue weighted by Gasteiger charge is 2.46. The van der Waals surface area contributed by atoms with Crippen molar-refractivity contribution >= 4 is 42.4 Å². The molecule has 2 aromatic rings. The number of halogens is 1. The van der Waals surface area contributed by atoms with Crippen LogP contribution in [-0.2, 0) is 23.4 Å². The molecule has 36 heavy (non-hydrogen) atoms. The summed E-state index contributed by atoms with van der Waals surface area (Å²) in [5.41, 5.74) is 5.96. The number of ether oxygens (including phenoxy) is 3. The standard InChI is InChI=1S/C21H34ClN6O7P/c1-7-32-16-14-15(25-19(23)26-16)28(11-24-14)17-21(6,22)8-13(35-17)10-34-36(30,31)27-12(2)9-33-18(29)20(3,4)5/h11-13,17H,7-10H2,1-6H3,(H2,23,25,26)(H2,27,30,31)/t12-,13+,17-,21-/m1/s1. The number of rotatable bonds is 10. The number of fused-ring (bicyclic) bond motifs is 1. The van der Waals surface area contributed by atoms with Crippen molar-refractivity contribution in [1.29, 1.82) is 0 Å². The minimum absolute atomic E-state index is 0.0106. The number of nitrogen functional groups attached to an aromatic ring is 1. The van der Waals surface area contributed by atoms with Crippen molar-refractivity contribution in [1.82, 2.24) is 24.6 Å². The van der Waals surface area contributed by atoms with Gasteiger partial charge in [-0.3, -0.25) is 13.9 Å². The highest BCUT2D eigenvalue weighted by Crippen LogP contribution is 2.46. The van der Waals surface area contributed by atoms with Crippen LogP contribution < -0.4 is 15.6 Å². The second kappa shape index (κ2) is 10.8. The van der Waals surface area contributed by atoms with E-state index in [0.29, 0.717) is 24.2 Å². The summed E-state index contributed by atoms with van der Waals surface area (Å²) in [5.74, 6) is -0.150. The lowest BCUT2D eigenvalue weighted by atomic mass is 9.97. The molecule has 15 heteroatoms. The van der Waals surface area contributed by atoms with E-state index in [4.69, 9.17) is 36.1 Å². The van der Waals surface area contributed by atoms with Gasteiger partial charge in [0.25, 0.3) is 0 Å². The molecular formula is C21H34ClN6O7P. The number of carbonyl (C=O) groups excluding carboxylic acids is 1. The van der Waals surface area contributed by atoms with Gasteiger partial charge in [-0.2, -0.15) is 9.97 Å². The third kappa shape index (κ3) is 6.84. The van der Waals surface area contributed by atoms with Crippen LogP contribution in [0.2, 0.25) is 0 Å². The van der Waals surface area contributed by atoms with E-state index in [1.165, 1.54) is 6.33 Å². The minimum atomic E-state index is -4.22. The summed E-state index contributed by atoms with van der Waals surface area (Å²) in [4.78, 5) is 33.9. The fourth-order valence-corrected chi connectivity index (χ4v) is 5.05. The van der Waals surface area contributed by atoms with Gasteiger partial charge >= 0.3 is 13.7 Å². The molecule has 1 aliphatic rings. The van der Waals surface area contributed by atoms with Crippen molar-refractivity contribution in [3.05, 3.63) is 6.33 Å². The lowest BCUT2D eigenvalue weighted by molar-refractivity contribution is -0.153. The average Bonchev–Trinajstić information content (AvgIpc) is 3.29. The summed E-state index contributed by atoms with van der Waals surface area (Å²) in [5, 5.41) is 2.46. The molecule has 0 amide bonds. The Balaban J connectivity index is 1.63. The van der Waals surface area contributed by atoms with Crippen molar-refractivity contribution in [2.75, 3.05) is 25.6 Å². The van der Waals surface area contributed by atoms with Crippen LogP contribution in [0.1, 0.15) is 54.2 Å². The molecule has 0 aliphatic carbocycles. The van der Waals surface area contributed by atoms with Gasteiger partial charge in [-0.25, -0.2) is 14.6 Å². The summed E-state index contributed by atoms with van der Waals surface area (Å²) in [6.07, 6.45) is 0.505. The summed E-state index contributed by atoms with van der Waals surface area (Å²) < 4.78 is 36.2. The normalized spacial score (nSPS) is 25.0. The SMILES string of the molecule is CCOc1nc(N)nc2c1ncn2[C@@H]1O[C@H](COP(=O)(O)N[C@H](C)COC(=O)C(C)(C)C)C[C@@]1(C)Cl. The Bertz CT molecular complexity index is 1140. The van der Waals surface area contributed by atoms with Gasteiger partial charge in [-0.1, -0.05) is 0 Å². The molecule has 0 radical (unpaired) electrons. The summed E-state index contributed by atoms with van der Waals surface area (Å²) in [7, 11) is -4.22. The highest BCUT2D eigenvalue weighted by molar-refractivity contribution is 7.50. The number of anilines is 1. The fraction of sp³-hybridized carbons (Fsp3) is 0.714. The van der Waals surface area contributed by atoms with E-state index < -0.39 is 42.4 Å². The molecule has 5 atom stereocenters. The van der Waals surface area contributed by atoms with E-state index in [0.717, 1.165) is 0 Å². The van der Waals surface area contributed by atoms with Crippen LogP contribution in [0.5, 0.6) is 5.88 Å². The summed E-state index contributed by atoms with van der Waals surface area (Å²) in [6, 6.07) is -0.621. The predicted octanol–water partition coefficient (Wildman–Crippen LogP) is 2.78. The zero-order chi connectivity index (χ0) is 26.9. The number of esters is 1. The molecule has 3 rings (SSSR count). The number of nitrogens with two attached hydrogens (primary N) is 1. The van der Waals surface area contributed by atoms with Gasteiger partial charge in [-0.15, -0.1) is 11.6 Å². The third-order valence-corrected chi connectivity index (χ3v) is 6.91. The first-order chi connectivity index (χ1) is 16.6. The smallest absolute Gasteiger partial charge is 0.403 e. The Morgan fingerprint density at radius 2 is 2.17 bits per heavy atom. The summed E-state index contributed by atoms with van der Waals surface area (Å²) >= 11 is 6.77. The Labute approximate surface area is 214 Å². The number of nitrogens with zero attached hydrogens (tertiary/aromatic N) is 4. The average molecular weight is 549 g/mol. The fourth-order valence-electron chi connectivity index (χ4n) is 3.64. The van der Waals surface area contributed by atoms with Crippen LogP contribution in [0.25, 0.3) is 11.2 Å². The largest absolute Gasteiger partial charge is 0.476 e. The van der Waals surface area contributed by atoms with Gasteiger partial charge in [0.2, 0.25) is 11.8 Å². The molecule has 1 fully saturated rings. The number of alkyl halides is 1. The van der Waals surface area contributed by atoms with Gasteiger partial charge in [0.15, 0.2) is 17.4 Å². The molecule has 4 N–H and O–H groups in total. The highest BCUT2D eigenvalue weighted by atomic mass is 35.5. The number of hydrogen-bond acceptors (Lipinski definition) is 10. The van der Waals surface area contributed by atoms with Gasteiger partial charge < -0.3 is 24.8 Å². The minimum Gasteiger partial charge on any atom is -0.476 e. The molecule has 0 saturated carbocycles. The lowest BCUT2D eigenvalue weighted by Crippen LogP contribution is -2.33. The second-order valence-electron chi connectivity index (χ2n) is 9.93. The Kier molecular flexibility index (Phi) is 8.54. The second-order valence-corrected chi connectivity index (χ2v) is 12.4. The van der Waals surface area contributed by atoms with Crippen LogP contribution in [0.3, 0.4) is 0 Å². The van der Waals surface area contributed by atoms with E-state index in [9.17, 15) is 14.3 Å². The van der Waals surface area contributed by atoms with Crippen molar-refractivity contribution < 1.29 is 33.0 Å². The number of hydrogen-bond donors (Lipinski definition) is 3. The maximum atomic E-state index is 12.5. The quantitative estimate of drug-likeness (QED) is 0.225. The van der Waals surface area contributed by atoms with E-state index >= 15 is 0 Å². The van der Waals surface area contributed by atoms with Crippen LogP contribution in [0, 0.1) is 5.41 Å².